The Kier molecular flexibility index (Phi) is 5.46. The molecule has 1 heterocycles. The van der Waals surface area contributed by atoms with Crippen LogP contribution in [0.5, 0.6) is 0 Å². The van der Waals surface area contributed by atoms with Crippen molar-refractivity contribution in [3.05, 3.63) is 0 Å². The molecule has 0 amide bonds. The van der Waals surface area contributed by atoms with Crippen LogP contribution < -0.4 is 5.32 Å². The molecule has 1 rings (SSSR count). The predicted octanol–water partition coefficient (Wildman–Crippen LogP) is 3.27. The van der Waals surface area contributed by atoms with Crippen molar-refractivity contribution in [2.75, 3.05) is 13.1 Å². The lowest BCUT2D eigenvalue weighted by Crippen LogP contribution is -2.53. The molecule has 1 aliphatic rings. The Balaban J connectivity index is 2.53. The largest absolute Gasteiger partial charge is 0.311 e. The summed E-state index contributed by atoms with van der Waals surface area (Å²) in [5.74, 6) is 0.870. The summed E-state index contributed by atoms with van der Waals surface area (Å²) in [6.45, 7) is 16.3. The lowest BCUT2D eigenvalue weighted by atomic mass is 9.92. The first-order valence-corrected chi connectivity index (χ1v) is 7.34. The Morgan fingerprint density at radius 3 is 2.41 bits per heavy atom. The highest BCUT2D eigenvalue weighted by atomic mass is 15.2. The van der Waals surface area contributed by atoms with Gasteiger partial charge in [0.1, 0.15) is 0 Å². The molecule has 0 aromatic carbocycles. The normalized spacial score (nSPS) is 29.3. The Morgan fingerprint density at radius 2 is 1.88 bits per heavy atom. The second-order valence-electron chi connectivity index (χ2n) is 6.92. The van der Waals surface area contributed by atoms with Crippen LogP contribution in [0.1, 0.15) is 60.8 Å². The summed E-state index contributed by atoms with van der Waals surface area (Å²) in [6, 6.07) is 1.46. The molecule has 1 saturated heterocycles. The minimum atomic E-state index is 0.234. The quantitative estimate of drug-likeness (QED) is 0.811. The molecule has 1 N–H and O–H groups in total. The zero-order chi connectivity index (χ0) is 13.1. The number of hydrogen-bond donors (Lipinski definition) is 1. The van der Waals surface area contributed by atoms with E-state index >= 15 is 0 Å². The van der Waals surface area contributed by atoms with Gasteiger partial charge >= 0.3 is 0 Å². The SMILES string of the molecule is CCC(CNC(C)(C)C)N1CC(C)CCC1C. The Hall–Kier alpha value is -0.0800. The fourth-order valence-electron chi connectivity index (χ4n) is 2.75. The zero-order valence-corrected chi connectivity index (χ0v) is 12.7. The van der Waals surface area contributed by atoms with E-state index in [1.54, 1.807) is 0 Å². The van der Waals surface area contributed by atoms with Crippen LogP contribution in [-0.2, 0) is 0 Å². The number of hydrogen-bond acceptors (Lipinski definition) is 2. The van der Waals surface area contributed by atoms with Crippen molar-refractivity contribution in [1.29, 1.82) is 0 Å². The summed E-state index contributed by atoms with van der Waals surface area (Å²) >= 11 is 0. The van der Waals surface area contributed by atoms with E-state index in [2.05, 4.69) is 51.8 Å². The Labute approximate surface area is 108 Å². The van der Waals surface area contributed by atoms with Gasteiger partial charge in [-0.15, -0.1) is 0 Å². The molecular formula is C15H32N2. The van der Waals surface area contributed by atoms with Gasteiger partial charge in [0.25, 0.3) is 0 Å². The van der Waals surface area contributed by atoms with E-state index in [0.717, 1.165) is 18.5 Å². The molecule has 0 aromatic rings. The Bertz CT molecular complexity index is 219. The van der Waals surface area contributed by atoms with Crippen molar-refractivity contribution in [1.82, 2.24) is 10.2 Å². The van der Waals surface area contributed by atoms with Crippen molar-refractivity contribution in [3.8, 4) is 0 Å². The molecular weight excluding hydrogens is 208 g/mol. The smallest absolute Gasteiger partial charge is 0.0221 e. The van der Waals surface area contributed by atoms with E-state index in [4.69, 9.17) is 0 Å². The van der Waals surface area contributed by atoms with Crippen LogP contribution in [0.4, 0.5) is 0 Å². The molecule has 0 aromatic heterocycles. The van der Waals surface area contributed by atoms with Crippen LogP contribution in [0.2, 0.25) is 0 Å². The molecule has 3 unspecified atom stereocenters. The average molecular weight is 240 g/mol. The molecule has 0 spiro atoms. The molecule has 1 fully saturated rings. The molecule has 0 bridgehead atoms. The zero-order valence-electron chi connectivity index (χ0n) is 12.7. The molecule has 2 heteroatoms. The number of rotatable bonds is 4. The van der Waals surface area contributed by atoms with E-state index < -0.39 is 0 Å². The fourth-order valence-corrected chi connectivity index (χ4v) is 2.75. The van der Waals surface area contributed by atoms with Crippen molar-refractivity contribution in [3.63, 3.8) is 0 Å². The summed E-state index contributed by atoms with van der Waals surface area (Å²) in [6.07, 6.45) is 4.02. The lowest BCUT2D eigenvalue weighted by Gasteiger charge is -2.42. The molecule has 3 atom stereocenters. The third kappa shape index (κ3) is 4.97. The second kappa shape index (κ2) is 6.19. The minimum absolute atomic E-state index is 0.234. The molecule has 2 nitrogen and oxygen atoms in total. The third-order valence-corrected chi connectivity index (χ3v) is 3.97. The van der Waals surface area contributed by atoms with E-state index in [9.17, 15) is 0 Å². The first-order valence-electron chi connectivity index (χ1n) is 7.34. The summed E-state index contributed by atoms with van der Waals surface area (Å²) in [5.41, 5.74) is 0.234. The highest BCUT2D eigenvalue weighted by Gasteiger charge is 2.28. The second-order valence-corrected chi connectivity index (χ2v) is 6.92. The van der Waals surface area contributed by atoms with Gasteiger partial charge in [-0.3, -0.25) is 4.90 Å². The monoisotopic (exact) mass is 240 g/mol. The number of piperidine rings is 1. The van der Waals surface area contributed by atoms with Gasteiger partial charge in [0, 0.05) is 30.7 Å². The molecule has 17 heavy (non-hydrogen) atoms. The molecule has 102 valence electrons. The van der Waals surface area contributed by atoms with Crippen LogP contribution in [-0.4, -0.2) is 35.6 Å². The van der Waals surface area contributed by atoms with Gasteiger partial charge in [0.05, 0.1) is 0 Å². The van der Waals surface area contributed by atoms with Crippen molar-refractivity contribution >= 4 is 0 Å². The third-order valence-electron chi connectivity index (χ3n) is 3.97. The van der Waals surface area contributed by atoms with Crippen LogP contribution in [0.25, 0.3) is 0 Å². The van der Waals surface area contributed by atoms with Crippen LogP contribution in [0, 0.1) is 5.92 Å². The number of likely N-dealkylation sites (tertiary alicyclic amines) is 1. The maximum absolute atomic E-state index is 3.66. The number of nitrogens with zero attached hydrogens (tertiary/aromatic N) is 1. The topological polar surface area (TPSA) is 15.3 Å². The van der Waals surface area contributed by atoms with Gasteiger partial charge in [0.15, 0.2) is 0 Å². The van der Waals surface area contributed by atoms with Crippen molar-refractivity contribution in [2.24, 2.45) is 5.92 Å². The lowest BCUT2D eigenvalue weighted by molar-refractivity contribution is 0.0709. The van der Waals surface area contributed by atoms with Gasteiger partial charge in [-0.2, -0.15) is 0 Å². The van der Waals surface area contributed by atoms with Gasteiger partial charge in [-0.25, -0.2) is 0 Å². The first-order chi connectivity index (χ1) is 7.83. The van der Waals surface area contributed by atoms with E-state index in [1.807, 2.05) is 0 Å². The van der Waals surface area contributed by atoms with Crippen molar-refractivity contribution in [2.45, 2.75) is 78.4 Å². The summed E-state index contributed by atoms with van der Waals surface area (Å²) in [4.78, 5) is 2.73. The average Bonchev–Trinajstić information content (AvgIpc) is 2.22. The molecule has 0 aliphatic carbocycles. The standard InChI is InChI=1S/C15H32N2/c1-7-14(10-16-15(4,5)6)17-11-12(2)8-9-13(17)3/h12-14,16H,7-11H2,1-6H3. The molecule has 0 saturated carbocycles. The Morgan fingerprint density at radius 1 is 1.24 bits per heavy atom. The number of nitrogens with one attached hydrogen (secondary N) is 1. The summed E-state index contributed by atoms with van der Waals surface area (Å²) < 4.78 is 0. The van der Waals surface area contributed by atoms with Gasteiger partial charge in [0.2, 0.25) is 0 Å². The predicted molar refractivity (Wildman–Crippen MR) is 76.4 cm³/mol. The van der Waals surface area contributed by atoms with Crippen LogP contribution >= 0.6 is 0 Å². The van der Waals surface area contributed by atoms with Gasteiger partial charge < -0.3 is 5.32 Å². The summed E-state index contributed by atoms with van der Waals surface area (Å²) in [5, 5.41) is 3.66. The van der Waals surface area contributed by atoms with Gasteiger partial charge in [-0.1, -0.05) is 13.8 Å². The molecule has 1 aliphatic heterocycles. The van der Waals surface area contributed by atoms with E-state index in [-0.39, 0.29) is 5.54 Å². The first kappa shape index (κ1) is 15.0. The maximum atomic E-state index is 3.66. The highest BCUT2D eigenvalue weighted by molar-refractivity contribution is 4.85. The van der Waals surface area contributed by atoms with Gasteiger partial charge in [-0.05, 0) is 52.9 Å². The van der Waals surface area contributed by atoms with E-state index in [1.165, 1.54) is 25.8 Å². The fraction of sp³-hybridized carbons (Fsp3) is 1.00. The van der Waals surface area contributed by atoms with Crippen molar-refractivity contribution < 1.29 is 0 Å². The maximum Gasteiger partial charge on any atom is 0.0221 e. The van der Waals surface area contributed by atoms with Crippen LogP contribution in [0.3, 0.4) is 0 Å². The minimum Gasteiger partial charge on any atom is -0.311 e. The van der Waals surface area contributed by atoms with E-state index in [0.29, 0.717) is 6.04 Å². The van der Waals surface area contributed by atoms with Crippen LogP contribution in [0.15, 0.2) is 0 Å². The molecule has 0 radical (unpaired) electrons. The summed E-state index contributed by atoms with van der Waals surface area (Å²) in [7, 11) is 0. The highest BCUT2D eigenvalue weighted by Crippen LogP contribution is 2.24.